The van der Waals surface area contributed by atoms with E-state index in [1.54, 1.807) is 31.3 Å². The lowest BCUT2D eigenvalue weighted by Gasteiger charge is -2.38. The molecule has 3 N–H and O–H groups in total. The minimum Gasteiger partial charge on any atom is -0.507 e. The van der Waals surface area contributed by atoms with Crippen molar-refractivity contribution in [2.75, 3.05) is 27.9 Å². The van der Waals surface area contributed by atoms with Crippen LogP contribution in [0.2, 0.25) is 5.02 Å². The van der Waals surface area contributed by atoms with Gasteiger partial charge in [0, 0.05) is 55.5 Å². The zero-order valence-corrected chi connectivity index (χ0v) is 28.2. The monoisotopic (exact) mass is 704 g/mol. The summed E-state index contributed by atoms with van der Waals surface area (Å²) in [6, 6.07) is 11.0. The van der Waals surface area contributed by atoms with Crippen molar-refractivity contribution in [1.82, 2.24) is 20.4 Å². The van der Waals surface area contributed by atoms with E-state index in [1.165, 1.54) is 45.6 Å². The van der Waals surface area contributed by atoms with Crippen LogP contribution in [0, 0.1) is 5.92 Å². The second kappa shape index (κ2) is 13.7. The zero-order valence-electron chi connectivity index (χ0n) is 27.5. The molecule has 2 aromatic carbocycles. The van der Waals surface area contributed by atoms with Crippen molar-refractivity contribution in [3.8, 4) is 40.3 Å². The summed E-state index contributed by atoms with van der Waals surface area (Å²) in [6.07, 6.45) is 1.25. The first-order valence-electron chi connectivity index (χ1n) is 15.6. The number of allylic oxidation sites excluding steroid dienone is 1. The van der Waals surface area contributed by atoms with Crippen LogP contribution in [-0.4, -0.2) is 76.3 Å². The number of phenolic OH excluding ortho intramolecular Hbond substituents is 1. The predicted molar refractivity (Wildman–Crippen MR) is 177 cm³/mol. The van der Waals surface area contributed by atoms with Crippen LogP contribution in [0.15, 0.2) is 64.5 Å². The number of methoxy groups -OCH3 is 3. The second-order valence-electron chi connectivity index (χ2n) is 11.8. The Morgan fingerprint density at radius 2 is 1.84 bits per heavy atom. The summed E-state index contributed by atoms with van der Waals surface area (Å²) in [6.45, 7) is 1.71. The summed E-state index contributed by atoms with van der Waals surface area (Å²) in [4.78, 5) is 50.2. The largest absolute Gasteiger partial charge is 0.507 e. The standard InChI is InChI=1S/C35H33ClN4O10/c1-17-13-22(42)28(32(44)35(17)33(45)29-24(47-3)16-25(48-4)30(36)31(29)49-35)19(18-8-9-21(41)23(14-18)46-2)15-26(43)38-12-10-27-39-34(40-50-27)20-7-5-6-11-37-20/h5-9,11,14,16-17,19,41,44H,10,12-13,15H2,1-4H3,(H,38,43)/t17-,19?,35+/m1/s1. The lowest BCUT2D eigenvalue weighted by Crippen LogP contribution is -2.53. The van der Waals surface area contributed by atoms with Gasteiger partial charge in [0.15, 0.2) is 28.8 Å². The van der Waals surface area contributed by atoms with E-state index in [4.69, 9.17) is 35.1 Å². The van der Waals surface area contributed by atoms with Gasteiger partial charge in [-0.2, -0.15) is 4.98 Å². The molecule has 50 heavy (non-hydrogen) atoms. The predicted octanol–water partition coefficient (Wildman–Crippen LogP) is 4.78. The van der Waals surface area contributed by atoms with E-state index < -0.39 is 40.7 Å². The topological polar surface area (TPSA) is 192 Å². The molecule has 260 valence electrons. The number of nitrogens with zero attached hydrogens (tertiary/aromatic N) is 3. The third kappa shape index (κ3) is 5.85. The molecule has 0 bridgehead atoms. The van der Waals surface area contributed by atoms with Crippen LogP contribution in [0.5, 0.6) is 28.7 Å². The first kappa shape index (κ1) is 34.2. The van der Waals surface area contributed by atoms with Gasteiger partial charge in [-0.25, -0.2) is 0 Å². The van der Waals surface area contributed by atoms with Gasteiger partial charge in [0.25, 0.3) is 0 Å². The summed E-state index contributed by atoms with van der Waals surface area (Å²) in [5, 5.41) is 29.1. The highest BCUT2D eigenvalue weighted by atomic mass is 35.5. The Morgan fingerprint density at radius 3 is 2.54 bits per heavy atom. The third-order valence-electron chi connectivity index (χ3n) is 8.88. The van der Waals surface area contributed by atoms with Crippen LogP contribution in [0.1, 0.15) is 47.5 Å². The van der Waals surface area contributed by atoms with Crippen LogP contribution in [0.3, 0.4) is 0 Å². The van der Waals surface area contributed by atoms with E-state index in [0.29, 0.717) is 17.1 Å². The van der Waals surface area contributed by atoms with Crippen LogP contribution < -0.4 is 24.3 Å². The van der Waals surface area contributed by atoms with E-state index >= 15 is 0 Å². The Hall–Kier alpha value is -5.63. The number of nitrogens with one attached hydrogen (secondary N) is 1. The molecule has 2 aliphatic rings. The van der Waals surface area contributed by atoms with E-state index in [9.17, 15) is 24.6 Å². The molecule has 3 atom stereocenters. The molecule has 1 aliphatic heterocycles. The molecule has 1 spiro atoms. The highest BCUT2D eigenvalue weighted by Crippen LogP contribution is 2.56. The number of amides is 1. The molecule has 4 aromatic rings. The molecule has 1 amide bonds. The smallest absolute Gasteiger partial charge is 0.231 e. The molecular weight excluding hydrogens is 672 g/mol. The Bertz CT molecular complexity index is 2010. The highest BCUT2D eigenvalue weighted by Gasteiger charge is 2.61. The van der Waals surface area contributed by atoms with Crippen LogP contribution in [0.25, 0.3) is 11.5 Å². The number of aliphatic hydroxyl groups excluding tert-OH is 1. The van der Waals surface area contributed by atoms with Crippen molar-refractivity contribution >= 4 is 29.1 Å². The fourth-order valence-electron chi connectivity index (χ4n) is 6.36. The van der Waals surface area contributed by atoms with E-state index in [1.807, 2.05) is 0 Å². The van der Waals surface area contributed by atoms with Gasteiger partial charge in [-0.3, -0.25) is 19.4 Å². The summed E-state index contributed by atoms with van der Waals surface area (Å²) in [5.41, 5.74) is -1.40. The molecule has 1 aliphatic carbocycles. The molecule has 0 radical (unpaired) electrons. The van der Waals surface area contributed by atoms with Gasteiger partial charge < -0.3 is 39.0 Å². The quantitative estimate of drug-likeness (QED) is 0.193. The molecule has 15 heteroatoms. The van der Waals surface area contributed by atoms with Crippen molar-refractivity contribution in [2.45, 2.75) is 37.7 Å². The third-order valence-corrected chi connectivity index (χ3v) is 9.24. The Morgan fingerprint density at radius 1 is 1.08 bits per heavy atom. The van der Waals surface area contributed by atoms with Crippen LogP contribution in [0.4, 0.5) is 0 Å². The van der Waals surface area contributed by atoms with Crippen LogP contribution >= 0.6 is 11.6 Å². The first-order valence-corrected chi connectivity index (χ1v) is 15.9. The number of hydrogen-bond acceptors (Lipinski definition) is 13. The number of phenols is 1. The maximum Gasteiger partial charge on any atom is 0.231 e. The number of aromatic nitrogens is 3. The second-order valence-corrected chi connectivity index (χ2v) is 12.1. The number of ketones is 2. The number of carbonyl (C=O) groups excluding carboxylic acids is 3. The Kier molecular flexibility index (Phi) is 9.39. The molecule has 0 saturated heterocycles. The van der Waals surface area contributed by atoms with Crippen molar-refractivity contribution in [3.63, 3.8) is 0 Å². The van der Waals surface area contributed by atoms with Gasteiger partial charge >= 0.3 is 0 Å². The van der Waals surface area contributed by atoms with Gasteiger partial charge in [0.1, 0.15) is 27.8 Å². The number of ether oxygens (including phenoxy) is 4. The minimum absolute atomic E-state index is 0.0143. The van der Waals surface area contributed by atoms with E-state index in [0.717, 1.165) is 0 Å². The average Bonchev–Trinajstić information content (AvgIpc) is 3.71. The molecular formula is C35H33ClN4O10. The Labute approximate surface area is 291 Å². The number of benzene rings is 2. The van der Waals surface area contributed by atoms with Crippen molar-refractivity contribution in [3.05, 3.63) is 82.0 Å². The summed E-state index contributed by atoms with van der Waals surface area (Å²) in [7, 11) is 4.10. The van der Waals surface area contributed by atoms with Crippen molar-refractivity contribution < 1.29 is 48.1 Å². The van der Waals surface area contributed by atoms with Crippen molar-refractivity contribution in [1.29, 1.82) is 0 Å². The Balaban J connectivity index is 1.34. The number of aromatic hydroxyl groups is 1. The molecule has 6 rings (SSSR count). The number of fused-ring (bicyclic) bond motifs is 1. The van der Waals surface area contributed by atoms with Gasteiger partial charge in [0.2, 0.25) is 29.0 Å². The summed E-state index contributed by atoms with van der Waals surface area (Å²) >= 11 is 6.58. The average molecular weight is 705 g/mol. The number of aliphatic hydroxyl groups is 1. The van der Waals surface area contributed by atoms with Crippen LogP contribution in [-0.2, 0) is 16.0 Å². The van der Waals surface area contributed by atoms with E-state index in [-0.39, 0.29) is 76.6 Å². The number of hydrogen-bond donors (Lipinski definition) is 3. The number of carbonyl (C=O) groups is 3. The summed E-state index contributed by atoms with van der Waals surface area (Å²) < 4.78 is 27.7. The van der Waals surface area contributed by atoms with Gasteiger partial charge in [-0.15, -0.1) is 0 Å². The highest BCUT2D eigenvalue weighted by molar-refractivity contribution is 6.35. The lowest BCUT2D eigenvalue weighted by atomic mass is 9.69. The number of rotatable bonds is 11. The van der Waals surface area contributed by atoms with Crippen molar-refractivity contribution in [2.24, 2.45) is 5.92 Å². The fraction of sp³-hybridized carbons (Fsp3) is 0.314. The number of halogens is 1. The number of pyridine rings is 1. The van der Waals surface area contributed by atoms with Gasteiger partial charge in [0.05, 0.1) is 21.3 Å². The maximum atomic E-state index is 14.3. The molecule has 3 heterocycles. The fourth-order valence-corrected chi connectivity index (χ4v) is 6.62. The molecule has 14 nitrogen and oxygen atoms in total. The van der Waals surface area contributed by atoms with Gasteiger partial charge in [-0.05, 0) is 29.8 Å². The molecule has 0 saturated carbocycles. The minimum atomic E-state index is -2.06. The first-order chi connectivity index (χ1) is 24.0. The van der Waals surface area contributed by atoms with E-state index in [2.05, 4.69) is 20.4 Å². The molecule has 1 unspecified atom stereocenters. The van der Waals surface area contributed by atoms with Gasteiger partial charge in [-0.1, -0.05) is 35.8 Å². The SMILES string of the molecule is COc1cc(C(CC(=O)NCCc2nc(-c3ccccn3)no2)C2=C(O)[C@@]3(Oc4c(Cl)c(OC)cc(OC)c4C3=O)[C@H](C)CC2=O)ccc1O. The maximum absolute atomic E-state index is 14.3. The molecule has 2 aromatic heterocycles. The zero-order chi connectivity index (χ0) is 35.7. The summed E-state index contributed by atoms with van der Waals surface area (Å²) in [5.74, 6) is -3.58. The lowest BCUT2D eigenvalue weighted by molar-refractivity contribution is -0.121. The number of Topliss-reactive ketones (excluding diaryl/α,β-unsaturated/α-hetero) is 2. The molecule has 0 fully saturated rings. The normalized spacial score (nSPS) is 18.9.